The van der Waals surface area contributed by atoms with Gasteiger partial charge in [-0.1, -0.05) is 44.2 Å². The van der Waals surface area contributed by atoms with Crippen LogP contribution in [0.1, 0.15) is 32.8 Å². The van der Waals surface area contributed by atoms with Crippen molar-refractivity contribution in [3.05, 3.63) is 35.9 Å². The first-order valence-corrected chi connectivity index (χ1v) is 12.5. The minimum Gasteiger partial charge on any atom is -0.480 e. The number of aliphatic hydroxyl groups excluding tert-OH is 1. The largest absolute Gasteiger partial charge is 0.480 e. The van der Waals surface area contributed by atoms with E-state index in [9.17, 15) is 29.4 Å². The van der Waals surface area contributed by atoms with Gasteiger partial charge < -0.3 is 31.9 Å². The first-order chi connectivity index (χ1) is 16.0. The van der Waals surface area contributed by atoms with Crippen LogP contribution in [0.4, 0.5) is 0 Å². The van der Waals surface area contributed by atoms with Crippen LogP contribution < -0.4 is 21.7 Å². The highest BCUT2D eigenvalue weighted by molar-refractivity contribution is 7.98. The Morgan fingerprint density at radius 1 is 0.941 bits per heavy atom. The molecule has 1 rings (SSSR count). The molecule has 0 aliphatic rings. The topological polar surface area (TPSA) is 171 Å². The second-order valence-electron chi connectivity index (χ2n) is 8.43. The zero-order chi connectivity index (χ0) is 25.8. The van der Waals surface area contributed by atoms with E-state index in [1.807, 2.05) is 6.26 Å². The molecule has 5 unspecified atom stereocenters. The van der Waals surface area contributed by atoms with E-state index in [1.54, 1.807) is 55.9 Å². The highest BCUT2D eigenvalue weighted by atomic mass is 32.2. The van der Waals surface area contributed by atoms with Gasteiger partial charge in [-0.2, -0.15) is 11.8 Å². The van der Waals surface area contributed by atoms with Crippen LogP contribution in [0.2, 0.25) is 0 Å². The molecule has 1 aromatic rings. The van der Waals surface area contributed by atoms with Gasteiger partial charge in [-0.15, -0.1) is 0 Å². The highest BCUT2D eigenvalue weighted by Crippen LogP contribution is 2.08. The lowest BCUT2D eigenvalue weighted by Crippen LogP contribution is -2.61. The van der Waals surface area contributed by atoms with E-state index in [2.05, 4.69) is 16.0 Å². The molecule has 5 atom stereocenters. The number of hydrogen-bond acceptors (Lipinski definition) is 7. The molecule has 0 aliphatic carbocycles. The first kappa shape index (κ1) is 29.4. The number of hydrogen-bond donors (Lipinski definition) is 6. The molecule has 1 aromatic carbocycles. The number of thioether (sulfide) groups is 1. The van der Waals surface area contributed by atoms with E-state index in [4.69, 9.17) is 5.73 Å². The molecule has 34 heavy (non-hydrogen) atoms. The smallest absolute Gasteiger partial charge is 0.326 e. The fraction of sp³-hybridized carbons (Fsp3) is 0.565. The second kappa shape index (κ2) is 14.6. The molecule has 190 valence electrons. The summed E-state index contributed by atoms with van der Waals surface area (Å²) >= 11 is 1.55. The fourth-order valence-electron chi connectivity index (χ4n) is 3.13. The van der Waals surface area contributed by atoms with E-state index >= 15 is 0 Å². The van der Waals surface area contributed by atoms with E-state index in [1.165, 1.54) is 6.92 Å². The number of aliphatic carboxylic acids is 1. The van der Waals surface area contributed by atoms with Gasteiger partial charge in [-0.3, -0.25) is 14.4 Å². The van der Waals surface area contributed by atoms with Crippen molar-refractivity contribution in [3.8, 4) is 0 Å². The summed E-state index contributed by atoms with van der Waals surface area (Å²) in [6.07, 6.45) is 1.05. The lowest BCUT2D eigenvalue weighted by molar-refractivity contribution is -0.143. The van der Waals surface area contributed by atoms with Crippen LogP contribution in [0.5, 0.6) is 0 Å². The summed E-state index contributed by atoms with van der Waals surface area (Å²) in [6.45, 7) is 4.74. The summed E-state index contributed by atoms with van der Waals surface area (Å²) in [5, 5.41) is 27.1. The van der Waals surface area contributed by atoms with Gasteiger partial charge in [0, 0.05) is 6.42 Å². The number of nitrogens with two attached hydrogens (primary N) is 1. The zero-order valence-corrected chi connectivity index (χ0v) is 20.8. The Balaban J connectivity index is 2.90. The van der Waals surface area contributed by atoms with Crippen LogP contribution in [-0.2, 0) is 25.6 Å². The van der Waals surface area contributed by atoms with Gasteiger partial charge in [-0.05, 0) is 36.8 Å². The lowest BCUT2D eigenvalue weighted by atomic mass is 10.0. The lowest BCUT2D eigenvalue weighted by Gasteiger charge is -2.28. The summed E-state index contributed by atoms with van der Waals surface area (Å²) < 4.78 is 0. The van der Waals surface area contributed by atoms with Gasteiger partial charge in [0.2, 0.25) is 17.7 Å². The number of amides is 3. The minimum absolute atomic E-state index is 0.0288. The molecule has 0 saturated carbocycles. The second-order valence-corrected chi connectivity index (χ2v) is 9.42. The van der Waals surface area contributed by atoms with Crippen LogP contribution in [-0.4, -0.2) is 76.2 Å². The van der Waals surface area contributed by atoms with E-state index in [0.717, 1.165) is 0 Å². The SMILES string of the molecule is CSCCC(N)C(=O)NC(C(=O)NC(C(=O)NC(Cc1ccccc1)C(=O)O)C(C)O)C(C)C. The maximum atomic E-state index is 12.9. The third kappa shape index (κ3) is 9.70. The van der Waals surface area contributed by atoms with Crippen LogP contribution in [0.15, 0.2) is 30.3 Å². The summed E-state index contributed by atoms with van der Waals surface area (Å²) in [5.41, 5.74) is 6.58. The molecule has 3 amide bonds. The van der Waals surface area contributed by atoms with Crippen LogP contribution in [0, 0.1) is 5.92 Å². The highest BCUT2D eigenvalue weighted by Gasteiger charge is 2.33. The number of carboxylic acid groups (broad SMARTS) is 1. The molecular weight excluding hydrogens is 460 g/mol. The van der Waals surface area contributed by atoms with Gasteiger partial charge in [0.05, 0.1) is 12.1 Å². The average Bonchev–Trinajstić information content (AvgIpc) is 2.78. The molecular formula is C23H36N4O6S. The molecule has 0 heterocycles. The molecule has 10 nitrogen and oxygen atoms in total. The Morgan fingerprint density at radius 3 is 2.00 bits per heavy atom. The molecule has 0 spiro atoms. The van der Waals surface area contributed by atoms with E-state index < -0.39 is 54.0 Å². The summed E-state index contributed by atoms with van der Waals surface area (Å²) in [6, 6.07) is 4.29. The Bertz CT molecular complexity index is 821. The Labute approximate surface area is 204 Å². The van der Waals surface area contributed by atoms with Crippen molar-refractivity contribution in [1.82, 2.24) is 16.0 Å². The number of nitrogens with one attached hydrogen (secondary N) is 3. The molecule has 7 N–H and O–H groups in total. The number of benzene rings is 1. The monoisotopic (exact) mass is 496 g/mol. The van der Waals surface area contributed by atoms with Gasteiger partial charge >= 0.3 is 5.97 Å². The summed E-state index contributed by atoms with van der Waals surface area (Å²) in [7, 11) is 0. The van der Waals surface area contributed by atoms with E-state index in [0.29, 0.717) is 17.7 Å². The number of aliphatic hydroxyl groups is 1. The van der Waals surface area contributed by atoms with Crippen molar-refractivity contribution >= 4 is 35.5 Å². The molecule has 0 bridgehead atoms. The predicted molar refractivity (Wildman–Crippen MR) is 131 cm³/mol. The predicted octanol–water partition coefficient (Wildman–Crippen LogP) is -0.115. The number of carboxylic acids is 1. The van der Waals surface area contributed by atoms with Gasteiger partial charge in [0.25, 0.3) is 0 Å². The maximum absolute atomic E-state index is 12.9. The number of carbonyl (C=O) groups is 4. The Kier molecular flexibility index (Phi) is 12.6. The molecule has 0 aromatic heterocycles. The average molecular weight is 497 g/mol. The van der Waals surface area contributed by atoms with Gasteiger partial charge in [0.1, 0.15) is 18.1 Å². The van der Waals surface area contributed by atoms with E-state index in [-0.39, 0.29) is 12.3 Å². The van der Waals surface area contributed by atoms with Crippen molar-refractivity contribution in [2.75, 3.05) is 12.0 Å². The number of carbonyl (C=O) groups excluding carboxylic acids is 3. The first-order valence-electron chi connectivity index (χ1n) is 11.1. The van der Waals surface area contributed by atoms with Crippen molar-refractivity contribution in [1.29, 1.82) is 0 Å². The van der Waals surface area contributed by atoms with Gasteiger partial charge in [-0.25, -0.2) is 4.79 Å². The molecule has 0 aliphatic heterocycles. The standard InChI is InChI=1S/C23H36N4O6S/c1-13(2)18(26-20(29)16(24)10-11-34-4)21(30)27-19(14(3)28)22(31)25-17(23(32)33)12-15-8-6-5-7-9-15/h5-9,13-14,16-19,28H,10-12,24H2,1-4H3,(H,25,31)(H,26,29)(H,27,30)(H,32,33). The zero-order valence-electron chi connectivity index (χ0n) is 20.0. The molecule has 0 radical (unpaired) electrons. The van der Waals surface area contributed by atoms with Crippen LogP contribution in [0.25, 0.3) is 0 Å². The Hall–Kier alpha value is -2.63. The van der Waals surface area contributed by atoms with Crippen LogP contribution >= 0.6 is 11.8 Å². The number of rotatable bonds is 14. The van der Waals surface area contributed by atoms with Crippen molar-refractivity contribution in [2.45, 2.75) is 63.9 Å². The van der Waals surface area contributed by atoms with Crippen LogP contribution in [0.3, 0.4) is 0 Å². The summed E-state index contributed by atoms with van der Waals surface area (Å²) in [4.78, 5) is 49.8. The van der Waals surface area contributed by atoms with Gasteiger partial charge in [0.15, 0.2) is 0 Å². The quantitative estimate of drug-likeness (QED) is 0.207. The van der Waals surface area contributed by atoms with Crippen molar-refractivity contribution in [3.63, 3.8) is 0 Å². The molecule has 0 saturated heterocycles. The Morgan fingerprint density at radius 2 is 1.50 bits per heavy atom. The third-order valence-electron chi connectivity index (χ3n) is 5.18. The third-order valence-corrected chi connectivity index (χ3v) is 5.82. The van der Waals surface area contributed by atoms with Crippen molar-refractivity contribution < 1.29 is 29.4 Å². The normalized spacial score (nSPS) is 15.5. The summed E-state index contributed by atoms with van der Waals surface area (Å²) in [5.74, 6) is -2.92. The maximum Gasteiger partial charge on any atom is 0.326 e. The minimum atomic E-state index is -1.42. The molecule has 11 heteroatoms. The fourth-order valence-corrected chi connectivity index (χ4v) is 3.62. The molecule has 0 fully saturated rings. The van der Waals surface area contributed by atoms with Crippen molar-refractivity contribution in [2.24, 2.45) is 11.7 Å².